The first-order valence-corrected chi connectivity index (χ1v) is 6.39. The van der Waals surface area contributed by atoms with E-state index in [0.29, 0.717) is 12.3 Å². The van der Waals surface area contributed by atoms with Crippen LogP contribution >= 0.6 is 0 Å². The Morgan fingerprint density at radius 2 is 2.17 bits per heavy atom. The monoisotopic (exact) mass is 250 g/mol. The number of carbonyl (C=O) groups excluding carboxylic acids is 1. The van der Waals surface area contributed by atoms with Gasteiger partial charge in [0.2, 0.25) is 5.91 Å². The predicted molar refractivity (Wildman–Crippen MR) is 68.7 cm³/mol. The summed E-state index contributed by atoms with van der Waals surface area (Å²) >= 11 is 0. The summed E-state index contributed by atoms with van der Waals surface area (Å²) in [5, 5.41) is 6.31. The third kappa shape index (κ3) is 3.53. The fraction of sp³-hybridized carbons (Fsp3) is 0.500. The van der Waals surface area contributed by atoms with Crippen LogP contribution in [0.3, 0.4) is 0 Å². The minimum Gasteiger partial charge on any atom is -0.352 e. The van der Waals surface area contributed by atoms with Crippen molar-refractivity contribution in [2.45, 2.75) is 25.8 Å². The van der Waals surface area contributed by atoms with E-state index >= 15 is 0 Å². The Bertz CT molecular complexity index is 405. The van der Waals surface area contributed by atoms with Crippen LogP contribution < -0.4 is 10.6 Å². The van der Waals surface area contributed by atoms with E-state index in [1.165, 1.54) is 12.1 Å². The van der Waals surface area contributed by atoms with E-state index in [1.54, 1.807) is 12.1 Å². The topological polar surface area (TPSA) is 41.1 Å². The summed E-state index contributed by atoms with van der Waals surface area (Å²) in [5.41, 5.74) is 0.838. The van der Waals surface area contributed by atoms with Gasteiger partial charge in [0.05, 0.1) is 6.42 Å². The van der Waals surface area contributed by atoms with Crippen LogP contribution in [0, 0.1) is 11.7 Å². The number of halogens is 1. The molecule has 0 saturated carbocycles. The Balaban J connectivity index is 1.86. The Hall–Kier alpha value is -1.42. The molecule has 2 unspecified atom stereocenters. The molecule has 0 spiro atoms. The van der Waals surface area contributed by atoms with Gasteiger partial charge in [0.15, 0.2) is 0 Å². The summed E-state index contributed by atoms with van der Waals surface area (Å²) in [6.45, 7) is 4.01. The van der Waals surface area contributed by atoms with Gasteiger partial charge in [0, 0.05) is 12.6 Å². The van der Waals surface area contributed by atoms with E-state index in [4.69, 9.17) is 0 Å². The second-order valence-corrected chi connectivity index (χ2v) is 4.95. The van der Waals surface area contributed by atoms with E-state index in [1.807, 2.05) is 0 Å². The number of benzene rings is 1. The Morgan fingerprint density at radius 1 is 1.44 bits per heavy atom. The van der Waals surface area contributed by atoms with Crippen molar-refractivity contribution in [3.8, 4) is 0 Å². The Morgan fingerprint density at radius 3 is 2.83 bits per heavy atom. The number of hydrogen-bond donors (Lipinski definition) is 2. The van der Waals surface area contributed by atoms with Gasteiger partial charge in [-0.15, -0.1) is 0 Å². The van der Waals surface area contributed by atoms with Crippen molar-refractivity contribution in [1.29, 1.82) is 0 Å². The molecule has 1 amide bonds. The summed E-state index contributed by atoms with van der Waals surface area (Å²) in [7, 11) is 0. The molecule has 0 aromatic heterocycles. The Labute approximate surface area is 107 Å². The number of hydrogen-bond acceptors (Lipinski definition) is 2. The number of carbonyl (C=O) groups is 1. The number of nitrogens with one attached hydrogen (secondary N) is 2. The van der Waals surface area contributed by atoms with E-state index in [-0.39, 0.29) is 17.8 Å². The lowest BCUT2D eigenvalue weighted by Crippen LogP contribution is -2.50. The fourth-order valence-corrected chi connectivity index (χ4v) is 2.23. The minimum atomic E-state index is -0.274. The number of rotatable bonds is 3. The third-order valence-corrected chi connectivity index (χ3v) is 3.45. The zero-order chi connectivity index (χ0) is 13.0. The van der Waals surface area contributed by atoms with Gasteiger partial charge < -0.3 is 10.6 Å². The predicted octanol–water partition coefficient (Wildman–Crippen LogP) is 1.48. The van der Waals surface area contributed by atoms with Crippen LogP contribution in [0.5, 0.6) is 0 Å². The van der Waals surface area contributed by atoms with Gasteiger partial charge in [-0.05, 0) is 36.6 Å². The lowest BCUT2D eigenvalue weighted by atomic mass is 9.94. The third-order valence-electron chi connectivity index (χ3n) is 3.45. The van der Waals surface area contributed by atoms with E-state index in [9.17, 15) is 9.18 Å². The average molecular weight is 250 g/mol. The normalized spacial score (nSPS) is 23.7. The molecule has 1 fully saturated rings. The van der Waals surface area contributed by atoms with Crippen molar-refractivity contribution >= 4 is 5.91 Å². The molecule has 3 nitrogen and oxygen atoms in total. The first-order chi connectivity index (χ1) is 8.65. The van der Waals surface area contributed by atoms with Crippen molar-refractivity contribution in [3.63, 3.8) is 0 Å². The van der Waals surface area contributed by atoms with Crippen molar-refractivity contribution in [1.82, 2.24) is 10.6 Å². The highest BCUT2D eigenvalue weighted by Gasteiger charge is 2.22. The molecule has 0 aliphatic carbocycles. The molecule has 1 heterocycles. The van der Waals surface area contributed by atoms with Crippen LogP contribution in [0.15, 0.2) is 24.3 Å². The zero-order valence-electron chi connectivity index (χ0n) is 10.6. The molecule has 98 valence electrons. The first-order valence-electron chi connectivity index (χ1n) is 6.39. The summed E-state index contributed by atoms with van der Waals surface area (Å²) in [6, 6.07) is 6.27. The molecular formula is C14H19FN2O. The summed E-state index contributed by atoms with van der Waals surface area (Å²) in [4.78, 5) is 11.9. The highest BCUT2D eigenvalue weighted by molar-refractivity contribution is 5.78. The smallest absolute Gasteiger partial charge is 0.224 e. The minimum absolute atomic E-state index is 0.00200. The number of amides is 1. The molecule has 2 atom stereocenters. The van der Waals surface area contributed by atoms with E-state index in [2.05, 4.69) is 17.6 Å². The van der Waals surface area contributed by atoms with Crippen LogP contribution in [-0.2, 0) is 11.2 Å². The summed E-state index contributed by atoms with van der Waals surface area (Å²) in [6.07, 6.45) is 1.39. The highest BCUT2D eigenvalue weighted by Crippen LogP contribution is 2.11. The molecule has 1 aromatic carbocycles. The van der Waals surface area contributed by atoms with Crippen LogP contribution in [-0.4, -0.2) is 25.0 Å². The van der Waals surface area contributed by atoms with Crippen molar-refractivity contribution in [2.75, 3.05) is 13.1 Å². The SMILES string of the molecule is CC1CCNCC1NC(=O)Cc1ccc(F)cc1. The van der Waals surface area contributed by atoms with Gasteiger partial charge in [-0.3, -0.25) is 4.79 Å². The molecule has 0 radical (unpaired) electrons. The second kappa shape index (κ2) is 5.96. The van der Waals surface area contributed by atoms with Gasteiger partial charge in [0.1, 0.15) is 5.82 Å². The summed E-state index contributed by atoms with van der Waals surface area (Å²) in [5.74, 6) is 0.231. The van der Waals surface area contributed by atoms with Gasteiger partial charge in [-0.1, -0.05) is 19.1 Å². The quantitative estimate of drug-likeness (QED) is 0.853. The molecule has 1 aliphatic heterocycles. The van der Waals surface area contributed by atoms with E-state index < -0.39 is 0 Å². The maximum Gasteiger partial charge on any atom is 0.224 e. The average Bonchev–Trinajstić information content (AvgIpc) is 2.35. The van der Waals surface area contributed by atoms with Gasteiger partial charge in [-0.25, -0.2) is 4.39 Å². The molecular weight excluding hydrogens is 231 g/mol. The molecule has 18 heavy (non-hydrogen) atoms. The van der Waals surface area contributed by atoms with Crippen LogP contribution in [0.1, 0.15) is 18.9 Å². The summed E-state index contributed by atoms with van der Waals surface area (Å²) < 4.78 is 12.7. The van der Waals surface area contributed by atoms with Gasteiger partial charge in [0.25, 0.3) is 0 Å². The standard InChI is InChI=1S/C14H19FN2O/c1-10-6-7-16-9-13(10)17-14(18)8-11-2-4-12(15)5-3-11/h2-5,10,13,16H,6-9H2,1H3,(H,17,18). The van der Waals surface area contributed by atoms with Gasteiger partial charge >= 0.3 is 0 Å². The molecule has 1 aliphatic rings. The highest BCUT2D eigenvalue weighted by atomic mass is 19.1. The molecule has 2 N–H and O–H groups in total. The van der Waals surface area contributed by atoms with Crippen LogP contribution in [0.25, 0.3) is 0 Å². The van der Waals surface area contributed by atoms with Crippen molar-refractivity contribution < 1.29 is 9.18 Å². The second-order valence-electron chi connectivity index (χ2n) is 4.95. The fourth-order valence-electron chi connectivity index (χ4n) is 2.23. The van der Waals surface area contributed by atoms with Crippen molar-refractivity contribution in [2.24, 2.45) is 5.92 Å². The maximum atomic E-state index is 12.7. The van der Waals surface area contributed by atoms with Crippen molar-refractivity contribution in [3.05, 3.63) is 35.6 Å². The largest absolute Gasteiger partial charge is 0.352 e. The van der Waals surface area contributed by atoms with Gasteiger partial charge in [-0.2, -0.15) is 0 Å². The molecule has 1 aromatic rings. The molecule has 1 saturated heterocycles. The maximum absolute atomic E-state index is 12.7. The Kier molecular flexibility index (Phi) is 4.31. The molecule has 0 bridgehead atoms. The lowest BCUT2D eigenvalue weighted by Gasteiger charge is -2.30. The zero-order valence-corrected chi connectivity index (χ0v) is 10.6. The van der Waals surface area contributed by atoms with E-state index in [0.717, 1.165) is 25.1 Å². The van der Waals surface area contributed by atoms with Crippen LogP contribution in [0.2, 0.25) is 0 Å². The lowest BCUT2D eigenvalue weighted by molar-refractivity contribution is -0.121. The first kappa shape index (κ1) is 13.0. The van der Waals surface area contributed by atoms with Crippen LogP contribution in [0.4, 0.5) is 4.39 Å². The molecule has 4 heteroatoms. The molecule has 2 rings (SSSR count). The number of piperidine rings is 1.